The summed E-state index contributed by atoms with van der Waals surface area (Å²) >= 11 is 1.22. The molecule has 0 atom stereocenters. The highest BCUT2D eigenvalue weighted by atomic mass is 32.2. The number of thiophene rings is 1. The average molecular weight is 403 g/mol. The number of fused-ring (bicyclic) bond motifs is 2. The molecule has 8 heteroatoms. The van der Waals surface area contributed by atoms with Crippen LogP contribution in [0.1, 0.15) is 32.6 Å². The summed E-state index contributed by atoms with van der Waals surface area (Å²) in [5, 5.41) is 1.78. The second-order valence-electron chi connectivity index (χ2n) is 6.61. The lowest BCUT2D eigenvalue weighted by Crippen LogP contribution is -2.36. The molecule has 0 amide bonds. The van der Waals surface area contributed by atoms with Gasteiger partial charge in [-0.3, -0.25) is 0 Å². The lowest BCUT2D eigenvalue weighted by atomic mass is 10.2. The van der Waals surface area contributed by atoms with E-state index in [0.29, 0.717) is 21.4 Å². The number of sulfonamides is 1. The van der Waals surface area contributed by atoms with Gasteiger partial charge in [0.2, 0.25) is 0 Å². The van der Waals surface area contributed by atoms with Crippen molar-refractivity contribution >= 4 is 44.0 Å². The predicted molar refractivity (Wildman–Crippen MR) is 110 cm³/mol. The Bertz CT molecular complexity index is 1040. The molecule has 0 aliphatic carbocycles. The molecule has 3 aromatic rings. The highest BCUT2D eigenvalue weighted by Gasteiger charge is 2.38. The molecular formula is C19H22N4O2S2. The SMILES string of the molecule is CCCCCCN1CN(S(=O)(=O)c2cccs2)c2nc3ccccc3nc21. The van der Waals surface area contributed by atoms with Crippen molar-refractivity contribution in [2.24, 2.45) is 0 Å². The van der Waals surface area contributed by atoms with Crippen molar-refractivity contribution in [3.05, 3.63) is 41.8 Å². The smallest absolute Gasteiger partial charge is 0.276 e. The molecule has 0 unspecified atom stereocenters. The minimum absolute atomic E-state index is 0.262. The molecule has 0 fully saturated rings. The first-order valence-electron chi connectivity index (χ1n) is 9.19. The molecule has 4 rings (SSSR count). The van der Waals surface area contributed by atoms with Crippen molar-refractivity contribution in [1.82, 2.24) is 9.97 Å². The first-order valence-corrected chi connectivity index (χ1v) is 11.5. The highest BCUT2D eigenvalue weighted by Crippen LogP contribution is 2.38. The van der Waals surface area contributed by atoms with Crippen molar-refractivity contribution in [2.75, 3.05) is 22.4 Å². The summed E-state index contributed by atoms with van der Waals surface area (Å²) < 4.78 is 28.0. The van der Waals surface area contributed by atoms with E-state index >= 15 is 0 Å². The summed E-state index contributed by atoms with van der Waals surface area (Å²) in [6, 6.07) is 11.0. The molecule has 0 N–H and O–H groups in total. The number of benzene rings is 1. The quantitative estimate of drug-likeness (QED) is 0.553. The van der Waals surface area contributed by atoms with Crippen LogP contribution < -0.4 is 9.21 Å². The van der Waals surface area contributed by atoms with Gasteiger partial charge in [0, 0.05) is 6.54 Å². The Labute approximate surface area is 163 Å². The van der Waals surface area contributed by atoms with Crippen LogP contribution >= 0.6 is 11.3 Å². The third kappa shape index (κ3) is 3.39. The summed E-state index contributed by atoms with van der Waals surface area (Å²) in [4.78, 5) is 11.4. The molecule has 0 spiro atoms. The lowest BCUT2D eigenvalue weighted by Gasteiger charge is -2.19. The van der Waals surface area contributed by atoms with Gasteiger partial charge in [-0.15, -0.1) is 11.3 Å². The first-order chi connectivity index (χ1) is 13.1. The predicted octanol–water partition coefficient (Wildman–Crippen LogP) is 4.24. The Morgan fingerprint density at radius 2 is 1.74 bits per heavy atom. The van der Waals surface area contributed by atoms with Gasteiger partial charge in [0.15, 0.2) is 11.6 Å². The second-order valence-corrected chi connectivity index (χ2v) is 9.65. The summed E-state index contributed by atoms with van der Waals surface area (Å²) in [6.45, 7) is 3.21. The van der Waals surface area contributed by atoms with Crippen LogP contribution in [0.4, 0.5) is 11.6 Å². The van der Waals surface area contributed by atoms with E-state index < -0.39 is 10.0 Å². The topological polar surface area (TPSA) is 66.4 Å². The van der Waals surface area contributed by atoms with E-state index in [1.165, 1.54) is 28.5 Å². The van der Waals surface area contributed by atoms with E-state index in [0.717, 1.165) is 24.9 Å². The van der Waals surface area contributed by atoms with Gasteiger partial charge in [-0.05, 0) is 30.0 Å². The molecule has 0 radical (unpaired) electrons. The van der Waals surface area contributed by atoms with E-state index in [2.05, 4.69) is 11.9 Å². The number of rotatable bonds is 7. The Morgan fingerprint density at radius 1 is 1.00 bits per heavy atom. The molecule has 0 saturated heterocycles. The van der Waals surface area contributed by atoms with Crippen LogP contribution in [-0.2, 0) is 10.0 Å². The molecule has 1 aliphatic rings. The molecule has 3 heterocycles. The van der Waals surface area contributed by atoms with Crippen LogP contribution in [0.25, 0.3) is 11.0 Å². The molecule has 6 nitrogen and oxygen atoms in total. The van der Waals surface area contributed by atoms with Crippen molar-refractivity contribution in [3.63, 3.8) is 0 Å². The second kappa shape index (κ2) is 7.44. The largest absolute Gasteiger partial charge is 0.335 e. The number of hydrogen-bond acceptors (Lipinski definition) is 6. The van der Waals surface area contributed by atoms with Gasteiger partial charge in [0.1, 0.15) is 10.9 Å². The molecule has 27 heavy (non-hydrogen) atoms. The average Bonchev–Trinajstić information content (AvgIpc) is 3.33. The number of unbranched alkanes of at least 4 members (excludes halogenated alkanes) is 3. The van der Waals surface area contributed by atoms with Crippen LogP contribution in [0.5, 0.6) is 0 Å². The Kier molecular flexibility index (Phi) is 5.01. The zero-order valence-electron chi connectivity index (χ0n) is 15.2. The summed E-state index contributed by atoms with van der Waals surface area (Å²) in [6.07, 6.45) is 4.48. The number of nitrogens with zero attached hydrogens (tertiary/aromatic N) is 4. The minimum Gasteiger partial charge on any atom is -0.335 e. The first kappa shape index (κ1) is 18.2. The van der Waals surface area contributed by atoms with Gasteiger partial charge in [-0.1, -0.05) is 44.4 Å². The fourth-order valence-electron chi connectivity index (χ4n) is 3.26. The van der Waals surface area contributed by atoms with Crippen LogP contribution in [-0.4, -0.2) is 31.6 Å². The van der Waals surface area contributed by atoms with Crippen LogP contribution in [0.15, 0.2) is 46.0 Å². The van der Waals surface area contributed by atoms with E-state index in [-0.39, 0.29) is 6.67 Å². The summed E-state index contributed by atoms with van der Waals surface area (Å²) in [5.41, 5.74) is 1.49. The van der Waals surface area contributed by atoms with Gasteiger partial charge in [0.25, 0.3) is 10.0 Å². The van der Waals surface area contributed by atoms with Crippen LogP contribution in [0.3, 0.4) is 0 Å². The molecule has 0 saturated carbocycles. The number of hydrogen-bond donors (Lipinski definition) is 0. The van der Waals surface area contributed by atoms with E-state index in [1.54, 1.807) is 17.5 Å². The normalized spacial score (nSPS) is 14.1. The third-order valence-electron chi connectivity index (χ3n) is 4.69. The van der Waals surface area contributed by atoms with Crippen molar-refractivity contribution < 1.29 is 8.42 Å². The van der Waals surface area contributed by atoms with Crippen LogP contribution in [0, 0.1) is 0 Å². The standard InChI is InChI=1S/C19H22N4O2S2/c1-2-3-4-7-12-22-14-23(27(24,25)17-11-8-13-26-17)19-18(22)20-15-9-5-6-10-16(15)21-19/h5-6,8-11,13H,2-4,7,12,14H2,1H3. The maximum Gasteiger partial charge on any atom is 0.276 e. The Hall–Kier alpha value is -2.19. The van der Waals surface area contributed by atoms with E-state index in [4.69, 9.17) is 4.98 Å². The van der Waals surface area contributed by atoms with Gasteiger partial charge < -0.3 is 4.90 Å². The fraction of sp³-hybridized carbons (Fsp3) is 0.368. The molecule has 1 aromatic carbocycles. The van der Waals surface area contributed by atoms with Gasteiger partial charge in [-0.25, -0.2) is 22.7 Å². The highest BCUT2D eigenvalue weighted by molar-refractivity contribution is 7.94. The minimum atomic E-state index is -3.64. The van der Waals surface area contributed by atoms with E-state index in [1.807, 2.05) is 29.2 Å². The Morgan fingerprint density at radius 3 is 2.41 bits per heavy atom. The fourth-order valence-corrected chi connectivity index (χ4v) is 5.75. The molecule has 2 aromatic heterocycles. The maximum atomic E-state index is 13.2. The van der Waals surface area contributed by atoms with Gasteiger partial charge in [-0.2, -0.15) is 0 Å². The molecule has 0 bridgehead atoms. The van der Waals surface area contributed by atoms with E-state index in [9.17, 15) is 8.42 Å². The lowest BCUT2D eigenvalue weighted by molar-refractivity contribution is 0.591. The van der Waals surface area contributed by atoms with Crippen molar-refractivity contribution in [3.8, 4) is 0 Å². The Balaban J connectivity index is 1.74. The zero-order valence-corrected chi connectivity index (χ0v) is 16.8. The summed E-state index contributed by atoms with van der Waals surface area (Å²) in [7, 11) is -3.64. The molecular weight excluding hydrogens is 380 g/mol. The monoisotopic (exact) mass is 402 g/mol. The zero-order chi connectivity index (χ0) is 18.9. The number of anilines is 2. The third-order valence-corrected chi connectivity index (χ3v) is 7.79. The van der Waals surface area contributed by atoms with Crippen molar-refractivity contribution in [1.29, 1.82) is 0 Å². The maximum absolute atomic E-state index is 13.2. The molecule has 142 valence electrons. The van der Waals surface area contributed by atoms with Gasteiger partial charge >= 0.3 is 0 Å². The molecule has 1 aliphatic heterocycles. The van der Waals surface area contributed by atoms with Gasteiger partial charge in [0.05, 0.1) is 11.0 Å². The van der Waals surface area contributed by atoms with Crippen LogP contribution in [0.2, 0.25) is 0 Å². The number of aromatic nitrogens is 2. The number of para-hydroxylation sites is 2. The van der Waals surface area contributed by atoms with Crippen molar-refractivity contribution in [2.45, 2.75) is 36.8 Å². The summed E-state index contributed by atoms with van der Waals surface area (Å²) in [5.74, 6) is 1.09.